The maximum atomic E-state index is 11.8. The van der Waals surface area contributed by atoms with E-state index >= 15 is 0 Å². The van der Waals surface area contributed by atoms with Gasteiger partial charge in [-0.1, -0.05) is 86.1 Å². The summed E-state index contributed by atoms with van der Waals surface area (Å²) in [6.45, 7) is 34.7. The van der Waals surface area contributed by atoms with Crippen LogP contribution in [0.4, 0.5) is 0 Å². The molecular formula is C42H71NO4SSi2. The van der Waals surface area contributed by atoms with Crippen molar-refractivity contribution in [2.24, 2.45) is 23.2 Å². The molecule has 282 valence electrons. The zero-order valence-electron chi connectivity index (χ0n) is 34.0. The average Bonchev–Trinajstić information content (AvgIpc) is 3.64. The van der Waals surface area contributed by atoms with Crippen molar-refractivity contribution in [3.63, 3.8) is 0 Å². The van der Waals surface area contributed by atoms with Crippen LogP contribution in [0.2, 0.25) is 36.3 Å². The highest BCUT2D eigenvalue weighted by atomic mass is 32.1. The van der Waals surface area contributed by atoms with Crippen LogP contribution in [0.1, 0.15) is 138 Å². The first-order valence-corrected chi connectivity index (χ1v) is 26.3. The van der Waals surface area contributed by atoms with Crippen LogP contribution in [0.25, 0.3) is 0 Å². The Morgan fingerprint density at radius 2 is 1.72 bits per heavy atom. The summed E-state index contributed by atoms with van der Waals surface area (Å²) in [4.78, 5) is 16.2. The molecule has 3 aliphatic carbocycles. The fourth-order valence-corrected chi connectivity index (χ4v) is 12.0. The Bertz CT molecular complexity index is 1380. The summed E-state index contributed by atoms with van der Waals surface area (Å²) < 4.78 is 19.9. The molecule has 0 bridgehead atoms. The Morgan fingerprint density at radius 1 is 1.06 bits per heavy atom. The van der Waals surface area contributed by atoms with Crippen molar-refractivity contribution >= 4 is 33.9 Å². The van der Waals surface area contributed by atoms with Gasteiger partial charge in [0.1, 0.15) is 5.01 Å². The topological polar surface area (TPSA) is 57.7 Å². The smallest absolute Gasteiger partial charge is 0.303 e. The molecule has 8 heteroatoms. The molecule has 0 saturated heterocycles. The van der Waals surface area contributed by atoms with Crippen molar-refractivity contribution in [1.82, 2.24) is 4.98 Å². The van der Waals surface area contributed by atoms with E-state index in [0.717, 1.165) is 37.1 Å². The number of hydrogen-bond donors (Lipinski definition) is 0. The van der Waals surface area contributed by atoms with Gasteiger partial charge in [-0.2, -0.15) is 0 Å². The van der Waals surface area contributed by atoms with Crippen LogP contribution < -0.4 is 0 Å². The van der Waals surface area contributed by atoms with Crippen molar-refractivity contribution < 1.29 is 18.4 Å². The molecule has 0 N–H and O–H groups in total. The molecule has 3 aliphatic rings. The molecule has 0 amide bonds. The summed E-state index contributed by atoms with van der Waals surface area (Å²) >= 11 is 1.58. The van der Waals surface area contributed by atoms with Gasteiger partial charge >= 0.3 is 5.97 Å². The summed E-state index contributed by atoms with van der Waals surface area (Å²) in [6.07, 6.45) is 17.9. The quantitative estimate of drug-likeness (QED) is 0.158. The summed E-state index contributed by atoms with van der Waals surface area (Å²) in [5.41, 5.74) is 4.47. The number of thiazole rings is 1. The number of esters is 1. The third kappa shape index (κ3) is 9.61. The van der Waals surface area contributed by atoms with Crippen molar-refractivity contribution in [3.05, 3.63) is 52.0 Å². The summed E-state index contributed by atoms with van der Waals surface area (Å²) in [5, 5.41) is 3.18. The third-order valence-corrected chi connectivity index (χ3v) is 23.5. The Labute approximate surface area is 312 Å². The molecule has 0 radical (unpaired) electrons. The number of hydrogen-bond acceptors (Lipinski definition) is 6. The normalized spacial score (nSPS) is 29.7. The SMILES string of the molecule is C=C1/C(=C\C=C2/CCC[C@]3(C)[C@@H]([C@@H](C)CCCC(OC(C)=O)c4nccs4)CC[C@@H]23)C[C@@H](O[Si](C)(C)C(C)(C)C)C[C@@H]1O[Si](C)(C)C(C)(C)C. The highest BCUT2D eigenvalue weighted by Crippen LogP contribution is 2.60. The highest BCUT2D eigenvalue weighted by molar-refractivity contribution is 7.09. The molecule has 1 heterocycles. The minimum atomic E-state index is -2.00. The minimum absolute atomic E-state index is 0.00781. The molecule has 3 fully saturated rings. The number of ether oxygens (including phenoxy) is 1. The van der Waals surface area contributed by atoms with Crippen LogP contribution in [0.5, 0.6) is 0 Å². The third-order valence-electron chi connectivity index (χ3n) is 13.6. The van der Waals surface area contributed by atoms with E-state index in [1.54, 1.807) is 23.1 Å². The van der Waals surface area contributed by atoms with Gasteiger partial charge in [-0.25, -0.2) is 4.98 Å². The van der Waals surface area contributed by atoms with E-state index in [0.29, 0.717) is 23.2 Å². The average molecular weight is 742 g/mol. The van der Waals surface area contributed by atoms with E-state index in [2.05, 4.69) is 98.7 Å². The van der Waals surface area contributed by atoms with Crippen molar-refractivity contribution in [3.8, 4) is 0 Å². The van der Waals surface area contributed by atoms with E-state index in [1.165, 1.54) is 50.2 Å². The van der Waals surface area contributed by atoms with Crippen LogP contribution in [0.3, 0.4) is 0 Å². The van der Waals surface area contributed by atoms with E-state index in [4.69, 9.17) is 20.2 Å². The molecule has 5 nitrogen and oxygen atoms in total. The summed E-state index contributed by atoms with van der Waals surface area (Å²) in [5.74, 6) is 1.76. The standard InChI is InChI=1S/C42H71NO4SSi2/c1-29(17-15-19-37(45-31(3)44)39-43-25-26-48-39)35-22-23-36-32(18-16-24-42(35,36)10)20-21-33-27-34(46-49(11,12)40(4,5)6)28-38(30(33)2)47-50(13,14)41(7,8)9/h20-21,25-26,29,34-38H,2,15-19,22-24,27-28H2,1,3-14H3/b32-20+,33-21-/t29-,34+,35+,36-,37?,38-,42+/m0/s1. The van der Waals surface area contributed by atoms with E-state index in [1.807, 2.05) is 5.38 Å². The molecule has 1 aromatic rings. The lowest BCUT2D eigenvalue weighted by atomic mass is 9.60. The van der Waals surface area contributed by atoms with Gasteiger partial charge in [-0.3, -0.25) is 4.79 Å². The second-order valence-electron chi connectivity index (χ2n) is 19.2. The number of aromatic nitrogens is 1. The molecule has 1 unspecified atom stereocenters. The first-order chi connectivity index (χ1) is 23.1. The van der Waals surface area contributed by atoms with E-state index < -0.39 is 16.6 Å². The zero-order valence-corrected chi connectivity index (χ0v) is 36.9. The van der Waals surface area contributed by atoms with Crippen LogP contribution in [0.15, 0.2) is 47.0 Å². The Morgan fingerprint density at radius 3 is 2.32 bits per heavy atom. The lowest BCUT2D eigenvalue weighted by Gasteiger charge is -2.46. The molecule has 7 atom stereocenters. The van der Waals surface area contributed by atoms with Crippen LogP contribution >= 0.6 is 11.3 Å². The molecule has 0 aliphatic heterocycles. The summed E-state index contributed by atoms with van der Waals surface area (Å²) in [6, 6.07) is 0. The Hall–Kier alpha value is -1.33. The highest BCUT2D eigenvalue weighted by Gasteiger charge is 2.51. The van der Waals surface area contributed by atoms with Crippen molar-refractivity contribution in [1.29, 1.82) is 0 Å². The lowest BCUT2D eigenvalue weighted by Crippen LogP contribution is -2.49. The summed E-state index contributed by atoms with van der Waals surface area (Å²) in [7, 11) is -3.95. The van der Waals surface area contributed by atoms with E-state index in [-0.39, 0.29) is 34.4 Å². The Kier molecular flexibility index (Phi) is 13.2. The van der Waals surface area contributed by atoms with E-state index in [9.17, 15) is 4.79 Å². The fourth-order valence-electron chi connectivity index (χ4n) is 8.63. The Balaban J connectivity index is 1.51. The molecule has 3 saturated carbocycles. The van der Waals surface area contributed by atoms with Crippen molar-refractivity contribution in [2.75, 3.05) is 0 Å². The first-order valence-electron chi connectivity index (χ1n) is 19.6. The second-order valence-corrected chi connectivity index (χ2v) is 29.7. The molecule has 4 rings (SSSR count). The minimum Gasteiger partial charge on any atom is -0.455 e. The molecule has 0 aromatic carbocycles. The van der Waals surface area contributed by atoms with Gasteiger partial charge in [-0.15, -0.1) is 11.3 Å². The van der Waals surface area contributed by atoms with Gasteiger partial charge in [0.25, 0.3) is 0 Å². The first kappa shape index (κ1) is 41.4. The predicted molar refractivity (Wildman–Crippen MR) is 216 cm³/mol. The number of rotatable bonds is 12. The van der Waals surface area contributed by atoms with Crippen LogP contribution in [-0.4, -0.2) is 39.8 Å². The number of nitrogens with zero attached hydrogens (tertiary/aromatic N) is 1. The monoisotopic (exact) mass is 741 g/mol. The maximum Gasteiger partial charge on any atom is 0.303 e. The van der Waals surface area contributed by atoms with Crippen LogP contribution in [-0.2, 0) is 18.4 Å². The van der Waals surface area contributed by atoms with Crippen molar-refractivity contribution in [2.45, 2.75) is 181 Å². The predicted octanol–water partition coefficient (Wildman–Crippen LogP) is 12.8. The second kappa shape index (κ2) is 16.0. The number of fused-ring (bicyclic) bond motifs is 1. The fraction of sp³-hybridized carbons (Fsp3) is 0.762. The van der Waals surface area contributed by atoms with Gasteiger partial charge in [0.2, 0.25) is 0 Å². The van der Waals surface area contributed by atoms with Crippen LogP contribution in [0, 0.1) is 23.2 Å². The number of carbonyl (C=O) groups is 1. The largest absolute Gasteiger partial charge is 0.455 e. The van der Waals surface area contributed by atoms with Gasteiger partial charge in [0.15, 0.2) is 22.7 Å². The van der Waals surface area contributed by atoms with Gasteiger partial charge in [0, 0.05) is 24.9 Å². The lowest BCUT2D eigenvalue weighted by molar-refractivity contribution is -0.147. The van der Waals surface area contributed by atoms with Gasteiger partial charge in [-0.05, 0) is 122 Å². The number of allylic oxidation sites excluding steroid dienone is 3. The molecule has 50 heavy (non-hydrogen) atoms. The molecular weight excluding hydrogens is 671 g/mol. The van der Waals surface area contributed by atoms with Gasteiger partial charge < -0.3 is 13.6 Å². The van der Waals surface area contributed by atoms with Gasteiger partial charge in [0.05, 0.1) is 12.2 Å². The molecule has 0 spiro atoms. The zero-order chi connectivity index (χ0) is 37.3. The number of carbonyl (C=O) groups excluding carboxylic acids is 1. The maximum absolute atomic E-state index is 11.8. The molecule has 1 aromatic heterocycles.